The molecule has 19 heavy (non-hydrogen) atoms. The predicted octanol–water partition coefficient (Wildman–Crippen LogP) is 2.08. The summed E-state index contributed by atoms with van der Waals surface area (Å²) in [5.74, 6) is -0.0899. The molecule has 1 saturated heterocycles. The average Bonchev–Trinajstić information content (AvgIpc) is 2.92. The number of likely N-dealkylation sites (tertiary alicyclic amines) is 1. The molecule has 1 aliphatic heterocycles. The minimum atomic E-state index is -0.0733. The van der Waals surface area contributed by atoms with Gasteiger partial charge in [0.25, 0.3) is 0 Å². The molecule has 2 fully saturated rings. The molecular formula is C14H24N2O2S. The van der Waals surface area contributed by atoms with Gasteiger partial charge in [0.05, 0.1) is 12.5 Å². The van der Waals surface area contributed by atoms with Gasteiger partial charge in [-0.2, -0.15) is 0 Å². The van der Waals surface area contributed by atoms with Gasteiger partial charge in [0, 0.05) is 19.1 Å². The van der Waals surface area contributed by atoms with Crippen molar-refractivity contribution in [2.45, 2.75) is 51.5 Å². The van der Waals surface area contributed by atoms with Crippen LogP contribution in [0, 0.1) is 5.92 Å². The second-order valence-corrected chi connectivity index (χ2v) is 5.85. The zero-order chi connectivity index (χ0) is 13.7. The Balaban J connectivity index is 1.82. The summed E-state index contributed by atoms with van der Waals surface area (Å²) in [4.78, 5) is 13.9. The van der Waals surface area contributed by atoms with E-state index in [4.69, 9.17) is 17.0 Å². The van der Waals surface area contributed by atoms with Crippen LogP contribution in [0.5, 0.6) is 0 Å². The van der Waals surface area contributed by atoms with Crippen molar-refractivity contribution in [3.63, 3.8) is 0 Å². The SMILES string of the molecule is CCOC(=O)[C@H]1CCCN(C(=S)NC2CCCC2)C1. The highest BCUT2D eigenvalue weighted by molar-refractivity contribution is 7.80. The van der Waals surface area contributed by atoms with Crippen LogP contribution in [-0.4, -0.2) is 41.7 Å². The highest BCUT2D eigenvalue weighted by atomic mass is 32.1. The first-order valence-electron chi connectivity index (χ1n) is 7.42. The second kappa shape index (κ2) is 7.08. The molecule has 1 aliphatic carbocycles. The number of esters is 1. The Hall–Kier alpha value is -0.840. The molecule has 1 N–H and O–H groups in total. The van der Waals surface area contributed by atoms with Gasteiger partial charge in [-0.1, -0.05) is 12.8 Å². The third-order valence-corrected chi connectivity index (χ3v) is 4.39. The molecule has 0 aromatic rings. The van der Waals surface area contributed by atoms with Crippen LogP contribution in [0.2, 0.25) is 0 Å². The van der Waals surface area contributed by atoms with Gasteiger partial charge in [0.2, 0.25) is 0 Å². The number of carbonyl (C=O) groups is 1. The van der Waals surface area contributed by atoms with E-state index in [1.807, 2.05) is 6.92 Å². The monoisotopic (exact) mass is 284 g/mol. The van der Waals surface area contributed by atoms with Crippen molar-refractivity contribution in [1.29, 1.82) is 0 Å². The summed E-state index contributed by atoms with van der Waals surface area (Å²) in [5, 5.41) is 4.27. The summed E-state index contributed by atoms with van der Waals surface area (Å²) >= 11 is 5.48. The average molecular weight is 284 g/mol. The first-order chi connectivity index (χ1) is 9.20. The molecular weight excluding hydrogens is 260 g/mol. The summed E-state index contributed by atoms with van der Waals surface area (Å²) in [6, 6.07) is 0.537. The van der Waals surface area contributed by atoms with Gasteiger partial charge in [-0.05, 0) is 44.8 Å². The van der Waals surface area contributed by atoms with E-state index in [0.717, 1.165) is 24.5 Å². The fourth-order valence-electron chi connectivity index (χ4n) is 2.95. The lowest BCUT2D eigenvalue weighted by Crippen LogP contribution is -2.49. The standard InChI is InChI=1S/C14H24N2O2S/c1-2-18-13(17)11-6-5-9-16(10-11)14(19)15-12-7-3-4-8-12/h11-12H,2-10H2,1H3,(H,15,19)/t11-/m0/s1. The number of piperidine rings is 1. The maximum Gasteiger partial charge on any atom is 0.310 e. The van der Waals surface area contributed by atoms with E-state index in [1.165, 1.54) is 25.7 Å². The van der Waals surface area contributed by atoms with Crippen molar-refractivity contribution in [3.8, 4) is 0 Å². The molecule has 5 heteroatoms. The fourth-order valence-corrected chi connectivity index (χ4v) is 3.28. The van der Waals surface area contributed by atoms with E-state index in [9.17, 15) is 4.79 Å². The van der Waals surface area contributed by atoms with Crippen LogP contribution < -0.4 is 5.32 Å². The van der Waals surface area contributed by atoms with Crippen molar-refractivity contribution in [2.75, 3.05) is 19.7 Å². The molecule has 1 heterocycles. The minimum Gasteiger partial charge on any atom is -0.466 e. The summed E-state index contributed by atoms with van der Waals surface area (Å²) in [6.07, 6.45) is 6.96. The number of carbonyl (C=O) groups excluding carboxylic acids is 1. The summed E-state index contributed by atoms with van der Waals surface area (Å²) in [6.45, 7) is 3.97. The van der Waals surface area contributed by atoms with Crippen LogP contribution in [0.4, 0.5) is 0 Å². The molecule has 0 aromatic heterocycles. The third kappa shape index (κ3) is 4.06. The van der Waals surface area contributed by atoms with E-state index in [0.29, 0.717) is 19.2 Å². The van der Waals surface area contributed by atoms with E-state index in [2.05, 4.69) is 10.2 Å². The molecule has 1 saturated carbocycles. The Labute approximate surface area is 120 Å². The highest BCUT2D eigenvalue weighted by Gasteiger charge is 2.28. The fraction of sp³-hybridized carbons (Fsp3) is 0.857. The molecule has 0 amide bonds. The number of hydrogen-bond donors (Lipinski definition) is 1. The van der Waals surface area contributed by atoms with Crippen LogP contribution >= 0.6 is 12.2 Å². The van der Waals surface area contributed by atoms with Gasteiger partial charge in [0.1, 0.15) is 0 Å². The molecule has 0 aromatic carbocycles. The number of ether oxygens (including phenoxy) is 1. The lowest BCUT2D eigenvalue weighted by molar-refractivity contribution is -0.149. The smallest absolute Gasteiger partial charge is 0.310 e. The third-order valence-electron chi connectivity index (χ3n) is 4.01. The lowest BCUT2D eigenvalue weighted by Gasteiger charge is -2.34. The number of hydrogen-bond acceptors (Lipinski definition) is 3. The molecule has 0 radical (unpaired) electrons. The number of rotatable bonds is 3. The van der Waals surface area contributed by atoms with Gasteiger partial charge >= 0.3 is 5.97 Å². The van der Waals surface area contributed by atoms with E-state index in [1.54, 1.807) is 0 Å². The highest BCUT2D eigenvalue weighted by Crippen LogP contribution is 2.20. The molecule has 2 aliphatic rings. The maximum atomic E-state index is 11.8. The number of thiocarbonyl (C=S) groups is 1. The van der Waals surface area contributed by atoms with E-state index < -0.39 is 0 Å². The zero-order valence-electron chi connectivity index (χ0n) is 11.7. The molecule has 0 unspecified atom stereocenters. The summed E-state index contributed by atoms with van der Waals surface area (Å²) in [5.41, 5.74) is 0. The normalized spacial score (nSPS) is 24.3. The van der Waals surface area contributed by atoms with Crippen LogP contribution in [0.3, 0.4) is 0 Å². The molecule has 4 nitrogen and oxygen atoms in total. The Kier molecular flexibility index (Phi) is 5.43. The van der Waals surface area contributed by atoms with Crippen LogP contribution in [0.15, 0.2) is 0 Å². The van der Waals surface area contributed by atoms with Crippen molar-refractivity contribution < 1.29 is 9.53 Å². The predicted molar refractivity (Wildman–Crippen MR) is 78.9 cm³/mol. The Morgan fingerprint density at radius 1 is 1.32 bits per heavy atom. The van der Waals surface area contributed by atoms with Crippen molar-refractivity contribution in [1.82, 2.24) is 10.2 Å². The van der Waals surface area contributed by atoms with Gasteiger partial charge in [0.15, 0.2) is 5.11 Å². The lowest BCUT2D eigenvalue weighted by atomic mass is 9.98. The zero-order valence-corrected chi connectivity index (χ0v) is 12.5. The minimum absolute atomic E-state index is 0.0166. The first kappa shape index (κ1) is 14.6. The van der Waals surface area contributed by atoms with Crippen molar-refractivity contribution >= 4 is 23.3 Å². The van der Waals surface area contributed by atoms with Crippen LogP contribution in [-0.2, 0) is 9.53 Å². The first-order valence-corrected chi connectivity index (χ1v) is 7.83. The molecule has 108 valence electrons. The maximum absolute atomic E-state index is 11.8. The topological polar surface area (TPSA) is 41.6 Å². The van der Waals surface area contributed by atoms with Crippen molar-refractivity contribution in [3.05, 3.63) is 0 Å². The molecule has 1 atom stereocenters. The number of nitrogens with one attached hydrogen (secondary N) is 1. The van der Waals surface area contributed by atoms with Gasteiger partial charge in [-0.15, -0.1) is 0 Å². The van der Waals surface area contributed by atoms with E-state index in [-0.39, 0.29) is 11.9 Å². The van der Waals surface area contributed by atoms with Crippen LogP contribution in [0.25, 0.3) is 0 Å². The molecule has 0 bridgehead atoms. The van der Waals surface area contributed by atoms with E-state index >= 15 is 0 Å². The van der Waals surface area contributed by atoms with Gasteiger partial charge in [-0.3, -0.25) is 4.79 Å². The summed E-state index contributed by atoms with van der Waals surface area (Å²) < 4.78 is 5.11. The van der Waals surface area contributed by atoms with Gasteiger partial charge in [-0.25, -0.2) is 0 Å². The summed E-state index contributed by atoms with van der Waals surface area (Å²) in [7, 11) is 0. The van der Waals surface area contributed by atoms with Crippen molar-refractivity contribution in [2.24, 2.45) is 5.92 Å². The Bertz CT molecular complexity index is 329. The Morgan fingerprint density at radius 2 is 2.05 bits per heavy atom. The second-order valence-electron chi connectivity index (χ2n) is 5.47. The van der Waals surface area contributed by atoms with Crippen LogP contribution in [0.1, 0.15) is 45.4 Å². The quantitative estimate of drug-likeness (QED) is 0.635. The molecule has 0 spiro atoms. The Morgan fingerprint density at radius 3 is 2.74 bits per heavy atom. The largest absolute Gasteiger partial charge is 0.466 e. The number of nitrogens with zero attached hydrogens (tertiary/aromatic N) is 1. The molecule has 2 rings (SSSR count). The van der Waals surface area contributed by atoms with Gasteiger partial charge < -0.3 is 15.0 Å².